The average molecular weight is 335 g/mol. The number of carboxylic acid groups (broad SMARTS) is 1. The molecule has 1 fully saturated rings. The summed E-state index contributed by atoms with van der Waals surface area (Å²) in [5.74, 6) is 0.00780. The second kappa shape index (κ2) is 7.31. The zero-order chi connectivity index (χ0) is 17.1. The minimum absolute atomic E-state index is 0.157. The highest BCUT2D eigenvalue weighted by Gasteiger charge is 2.35. The van der Waals surface area contributed by atoms with Gasteiger partial charge >= 0.3 is 5.97 Å². The largest absolute Gasteiger partial charge is 0.478 e. The summed E-state index contributed by atoms with van der Waals surface area (Å²) in [6, 6.07) is 5.89. The van der Waals surface area contributed by atoms with Crippen LogP contribution in [0.2, 0.25) is 0 Å². The van der Waals surface area contributed by atoms with Gasteiger partial charge in [-0.25, -0.2) is 9.69 Å². The SMILES string of the molecule is O=C(O)c1ccc(OC2=CC(O)N(CC3CCOCC3)C2O)cc1. The number of nitrogens with zero attached hydrogens (tertiary/aromatic N) is 1. The third-order valence-electron chi connectivity index (χ3n) is 4.37. The molecule has 1 saturated heterocycles. The first kappa shape index (κ1) is 16.9. The van der Waals surface area contributed by atoms with Gasteiger partial charge in [0.05, 0.1) is 5.56 Å². The van der Waals surface area contributed by atoms with Crippen LogP contribution in [0.15, 0.2) is 36.1 Å². The molecule has 0 amide bonds. The van der Waals surface area contributed by atoms with Crippen molar-refractivity contribution < 1.29 is 29.6 Å². The summed E-state index contributed by atoms with van der Waals surface area (Å²) in [4.78, 5) is 12.4. The second-order valence-corrected chi connectivity index (χ2v) is 6.04. The fourth-order valence-corrected chi connectivity index (χ4v) is 2.96. The molecule has 2 atom stereocenters. The molecule has 1 aromatic rings. The molecule has 0 radical (unpaired) electrons. The van der Waals surface area contributed by atoms with Crippen LogP contribution in [0.1, 0.15) is 23.2 Å². The van der Waals surface area contributed by atoms with Crippen LogP contribution < -0.4 is 4.74 Å². The van der Waals surface area contributed by atoms with Gasteiger partial charge in [-0.3, -0.25) is 0 Å². The number of carbonyl (C=O) groups is 1. The Bertz CT molecular complexity index is 608. The van der Waals surface area contributed by atoms with E-state index in [1.165, 1.54) is 30.3 Å². The zero-order valence-electron chi connectivity index (χ0n) is 13.2. The lowest BCUT2D eigenvalue weighted by Crippen LogP contribution is -2.42. The fraction of sp³-hybridized carbons (Fsp3) is 0.471. The van der Waals surface area contributed by atoms with Crippen molar-refractivity contribution in [3.05, 3.63) is 41.7 Å². The van der Waals surface area contributed by atoms with E-state index in [1.807, 2.05) is 0 Å². The number of aliphatic hydroxyl groups excluding tert-OH is 2. The standard InChI is InChI=1S/C17H21NO6/c19-15-9-14(24-13-3-1-12(2-4-13)17(21)22)16(20)18(15)10-11-5-7-23-8-6-11/h1-4,9,11,15-16,19-20H,5-8,10H2,(H,21,22). The Hall–Kier alpha value is -1.93. The van der Waals surface area contributed by atoms with E-state index in [9.17, 15) is 15.0 Å². The summed E-state index contributed by atoms with van der Waals surface area (Å²) in [6.45, 7) is 1.97. The maximum Gasteiger partial charge on any atom is 0.335 e. The molecule has 3 rings (SSSR count). The Morgan fingerprint density at radius 2 is 1.88 bits per heavy atom. The molecule has 7 heteroatoms. The van der Waals surface area contributed by atoms with Crippen LogP contribution in [0.25, 0.3) is 0 Å². The van der Waals surface area contributed by atoms with Gasteiger partial charge in [0.15, 0.2) is 6.23 Å². The lowest BCUT2D eigenvalue weighted by Gasteiger charge is -2.31. The van der Waals surface area contributed by atoms with Crippen LogP contribution in [0.4, 0.5) is 0 Å². The molecule has 24 heavy (non-hydrogen) atoms. The molecule has 130 valence electrons. The molecule has 2 aliphatic heterocycles. The molecule has 2 heterocycles. The number of aromatic carboxylic acids is 1. The van der Waals surface area contributed by atoms with E-state index in [1.54, 1.807) is 4.90 Å². The van der Waals surface area contributed by atoms with Gasteiger partial charge in [0.2, 0.25) is 0 Å². The predicted molar refractivity (Wildman–Crippen MR) is 84.4 cm³/mol. The van der Waals surface area contributed by atoms with Crippen LogP contribution in [0.5, 0.6) is 5.75 Å². The molecular formula is C17H21NO6. The third-order valence-corrected chi connectivity index (χ3v) is 4.37. The molecule has 2 unspecified atom stereocenters. The van der Waals surface area contributed by atoms with Crippen molar-refractivity contribution in [3.8, 4) is 5.75 Å². The summed E-state index contributed by atoms with van der Waals surface area (Å²) >= 11 is 0. The summed E-state index contributed by atoms with van der Waals surface area (Å²) in [6.07, 6.45) is 1.35. The van der Waals surface area contributed by atoms with Crippen LogP contribution >= 0.6 is 0 Å². The Morgan fingerprint density at radius 3 is 2.50 bits per heavy atom. The van der Waals surface area contributed by atoms with Crippen molar-refractivity contribution in [2.45, 2.75) is 25.3 Å². The second-order valence-electron chi connectivity index (χ2n) is 6.04. The van der Waals surface area contributed by atoms with Gasteiger partial charge in [-0.1, -0.05) is 0 Å². The van der Waals surface area contributed by atoms with Gasteiger partial charge in [0.1, 0.15) is 17.7 Å². The molecule has 0 aromatic heterocycles. The Labute approximate surface area is 139 Å². The Balaban J connectivity index is 1.62. The first-order chi connectivity index (χ1) is 11.5. The van der Waals surface area contributed by atoms with Gasteiger partial charge in [-0.15, -0.1) is 0 Å². The van der Waals surface area contributed by atoms with E-state index >= 15 is 0 Å². The van der Waals surface area contributed by atoms with Crippen LogP contribution in [0.3, 0.4) is 0 Å². The number of hydrogen-bond donors (Lipinski definition) is 3. The monoisotopic (exact) mass is 335 g/mol. The molecule has 3 N–H and O–H groups in total. The van der Waals surface area contributed by atoms with Crippen LogP contribution in [-0.2, 0) is 4.74 Å². The lowest BCUT2D eigenvalue weighted by atomic mass is 10.00. The van der Waals surface area contributed by atoms with Crippen LogP contribution in [0, 0.1) is 5.92 Å². The van der Waals surface area contributed by atoms with E-state index in [0.717, 1.165) is 12.8 Å². The summed E-state index contributed by atoms with van der Waals surface area (Å²) in [5, 5.41) is 29.4. The van der Waals surface area contributed by atoms with E-state index in [2.05, 4.69) is 0 Å². The Kier molecular flexibility index (Phi) is 5.15. The predicted octanol–water partition coefficient (Wildman–Crippen LogP) is 1.03. The van der Waals surface area contributed by atoms with E-state index in [-0.39, 0.29) is 11.3 Å². The Morgan fingerprint density at radius 1 is 1.21 bits per heavy atom. The van der Waals surface area contributed by atoms with Crippen molar-refractivity contribution >= 4 is 5.97 Å². The number of hydrogen-bond acceptors (Lipinski definition) is 6. The van der Waals surface area contributed by atoms with Crippen molar-refractivity contribution in [2.24, 2.45) is 5.92 Å². The summed E-state index contributed by atoms with van der Waals surface area (Å²) in [5.41, 5.74) is 0.157. The smallest absolute Gasteiger partial charge is 0.335 e. The molecule has 2 aliphatic rings. The number of carboxylic acids is 1. The molecular weight excluding hydrogens is 314 g/mol. The first-order valence-corrected chi connectivity index (χ1v) is 7.97. The normalized spacial score (nSPS) is 25.5. The van der Waals surface area contributed by atoms with Crippen LogP contribution in [-0.4, -0.2) is 58.4 Å². The fourth-order valence-electron chi connectivity index (χ4n) is 2.96. The van der Waals surface area contributed by atoms with Crippen molar-refractivity contribution in [2.75, 3.05) is 19.8 Å². The van der Waals surface area contributed by atoms with E-state index in [4.69, 9.17) is 14.6 Å². The van der Waals surface area contributed by atoms with E-state index < -0.39 is 18.4 Å². The minimum atomic E-state index is -1.03. The molecule has 0 saturated carbocycles. The first-order valence-electron chi connectivity index (χ1n) is 7.97. The van der Waals surface area contributed by atoms with Gasteiger partial charge in [-0.05, 0) is 43.0 Å². The van der Waals surface area contributed by atoms with Gasteiger partial charge in [-0.2, -0.15) is 0 Å². The van der Waals surface area contributed by atoms with Gasteiger partial charge in [0.25, 0.3) is 0 Å². The number of benzene rings is 1. The molecule has 7 nitrogen and oxygen atoms in total. The van der Waals surface area contributed by atoms with Crippen molar-refractivity contribution in [3.63, 3.8) is 0 Å². The van der Waals surface area contributed by atoms with Gasteiger partial charge < -0.3 is 24.8 Å². The summed E-state index contributed by atoms with van der Waals surface area (Å²) in [7, 11) is 0. The maximum absolute atomic E-state index is 10.8. The quantitative estimate of drug-likeness (QED) is 0.739. The molecule has 0 bridgehead atoms. The molecule has 0 aliphatic carbocycles. The third kappa shape index (κ3) is 3.76. The number of aliphatic hydroxyl groups is 2. The number of ether oxygens (including phenoxy) is 2. The highest BCUT2D eigenvalue weighted by atomic mass is 16.5. The highest BCUT2D eigenvalue weighted by molar-refractivity contribution is 5.87. The summed E-state index contributed by atoms with van der Waals surface area (Å²) < 4.78 is 10.9. The topological polar surface area (TPSA) is 99.5 Å². The average Bonchev–Trinajstić information content (AvgIpc) is 2.84. The van der Waals surface area contributed by atoms with Crippen molar-refractivity contribution in [1.82, 2.24) is 4.90 Å². The maximum atomic E-state index is 10.8. The molecule has 0 spiro atoms. The van der Waals surface area contributed by atoms with E-state index in [0.29, 0.717) is 31.4 Å². The zero-order valence-corrected chi connectivity index (χ0v) is 13.2. The molecule has 1 aromatic carbocycles. The number of rotatable bonds is 5. The highest BCUT2D eigenvalue weighted by Crippen LogP contribution is 2.27. The van der Waals surface area contributed by atoms with Crippen molar-refractivity contribution in [1.29, 1.82) is 0 Å². The lowest BCUT2D eigenvalue weighted by molar-refractivity contribution is -0.0691. The van der Waals surface area contributed by atoms with Gasteiger partial charge in [0, 0.05) is 25.8 Å². The minimum Gasteiger partial charge on any atom is -0.478 e.